The average molecular weight is 568 g/mol. The quantitative estimate of drug-likeness (QED) is 0.268. The Morgan fingerprint density at radius 1 is 1.27 bits per heavy atom. The zero-order chi connectivity index (χ0) is 28.8. The highest BCUT2D eigenvalue weighted by Gasteiger charge is 2.30. The van der Waals surface area contributed by atoms with E-state index in [4.69, 9.17) is 14.8 Å². The molecule has 10 nitrogen and oxygen atoms in total. The third-order valence-corrected chi connectivity index (χ3v) is 7.88. The van der Waals surface area contributed by atoms with Crippen LogP contribution in [-0.4, -0.2) is 80.0 Å². The molecule has 12 heteroatoms. The minimum Gasteiger partial charge on any atom is -0.465 e. The number of nitrogens with one attached hydrogen (secondary N) is 1. The Bertz CT molecular complexity index is 1650. The fourth-order valence-corrected chi connectivity index (χ4v) is 5.69. The van der Waals surface area contributed by atoms with E-state index in [0.29, 0.717) is 48.1 Å². The number of carbonyl (C=O) groups is 2. The summed E-state index contributed by atoms with van der Waals surface area (Å²) in [5.74, 6) is 1.22. The lowest BCUT2D eigenvalue weighted by Gasteiger charge is -2.31. The number of alkyl halides is 2. The molecule has 0 bridgehead atoms. The number of hydrogen-bond donors (Lipinski definition) is 3. The van der Waals surface area contributed by atoms with Gasteiger partial charge in [-0.25, -0.2) is 14.2 Å². The molecule has 2 atom stereocenters. The van der Waals surface area contributed by atoms with Gasteiger partial charge in [0.1, 0.15) is 19.0 Å². The van der Waals surface area contributed by atoms with Crippen molar-refractivity contribution in [2.24, 2.45) is 13.0 Å². The normalized spacial score (nSPS) is 16.7. The van der Waals surface area contributed by atoms with Crippen LogP contribution in [0.3, 0.4) is 0 Å². The van der Waals surface area contributed by atoms with E-state index < -0.39 is 31.8 Å². The summed E-state index contributed by atoms with van der Waals surface area (Å²) in [4.78, 5) is 30.7. The molecule has 2 aromatic heterocycles. The summed E-state index contributed by atoms with van der Waals surface area (Å²) in [5.41, 5.74) is 4.35. The van der Waals surface area contributed by atoms with E-state index in [1.165, 1.54) is 4.90 Å². The number of fused-ring (bicyclic) bond motifs is 3. The number of aryl methyl sites for hydroxylation is 1. The SMILES string of the molecule is Cn1c(-c2cc3cccc(OC(F)CO)c3n2CC2CC2)nc2cc3c(cc21)CCN(C[C@@H](CF)NC(=O)O)C3=O. The third kappa shape index (κ3) is 5.08. The van der Waals surface area contributed by atoms with Crippen molar-refractivity contribution in [1.29, 1.82) is 0 Å². The average Bonchev–Trinajstić information content (AvgIpc) is 3.62. The molecule has 1 aliphatic carbocycles. The highest BCUT2D eigenvalue weighted by molar-refractivity contribution is 6.01. The van der Waals surface area contributed by atoms with Gasteiger partial charge in [0.25, 0.3) is 12.3 Å². The number of rotatable bonds is 10. The molecule has 2 aromatic carbocycles. The van der Waals surface area contributed by atoms with Gasteiger partial charge < -0.3 is 34.3 Å². The number of carbonyl (C=O) groups excluding carboxylic acids is 1. The predicted octanol–water partition coefficient (Wildman–Crippen LogP) is 3.88. The summed E-state index contributed by atoms with van der Waals surface area (Å²) in [7, 11) is 1.91. The lowest BCUT2D eigenvalue weighted by Crippen LogP contribution is -2.48. The number of aromatic nitrogens is 3. The summed E-state index contributed by atoms with van der Waals surface area (Å²) >= 11 is 0. The zero-order valence-electron chi connectivity index (χ0n) is 22.5. The molecule has 1 fully saturated rings. The molecule has 0 radical (unpaired) electrons. The first-order valence-electron chi connectivity index (χ1n) is 13.7. The maximum Gasteiger partial charge on any atom is 0.405 e. The van der Waals surface area contributed by atoms with Gasteiger partial charge in [-0.05, 0) is 55.0 Å². The number of amides is 2. The van der Waals surface area contributed by atoms with Crippen LogP contribution in [0.15, 0.2) is 36.4 Å². The Labute approximate surface area is 234 Å². The van der Waals surface area contributed by atoms with E-state index in [1.807, 2.05) is 29.8 Å². The van der Waals surface area contributed by atoms with Crippen molar-refractivity contribution in [3.8, 4) is 17.3 Å². The van der Waals surface area contributed by atoms with Crippen LogP contribution in [0, 0.1) is 5.92 Å². The van der Waals surface area contributed by atoms with Crippen LogP contribution in [0.2, 0.25) is 0 Å². The highest BCUT2D eigenvalue weighted by Crippen LogP contribution is 2.39. The van der Waals surface area contributed by atoms with Crippen molar-refractivity contribution in [1.82, 2.24) is 24.3 Å². The fraction of sp³-hybridized carbons (Fsp3) is 0.414. The van der Waals surface area contributed by atoms with Gasteiger partial charge in [0.15, 0.2) is 5.82 Å². The van der Waals surface area contributed by atoms with Crippen molar-refractivity contribution in [2.45, 2.75) is 38.2 Å². The van der Waals surface area contributed by atoms with Crippen LogP contribution in [-0.2, 0) is 20.0 Å². The van der Waals surface area contributed by atoms with E-state index in [2.05, 4.69) is 9.88 Å². The Kier molecular flexibility index (Phi) is 7.02. The van der Waals surface area contributed by atoms with Gasteiger partial charge in [0.2, 0.25) is 0 Å². The van der Waals surface area contributed by atoms with E-state index in [1.54, 1.807) is 18.2 Å². The largest absolute Gasteiger partial charge is 0.465 e. The van der Waals surface area contributed by atoms with Gasteiger partial charge >= 0.3 is 6.09 Å². The van der Waals surface area contributed by atoms with E-state index >= 15 is 0 Å². The Morgan fingerprint density at radius 2 is 2.07 bits per heavy atom. The van der Waals surface area contributed by atoms with Crippen molar-refractivity contribution < 1.29 is 33.3 Å². The maximum absolute atomic E-state index is 14.1. The molecule has 6 rings (SSSR count). The van der Waals surface area contributed by atoms with Crippen molar-refractivity contribution in [3.63, 3.8) is 0 Å². The Hall–Kier alpha value is -4.19. The zero-order valence-corrected chi connectivity index (χ0v) is 22.5. The molecule has 0 spiro atoms. The highest BCUT2D eigenvalue weighted by atomic mass is 19.1. The van der Waals surface area contributed by atoms with Crippen LogP contribution in [0.5, 0.6) is 5.75 Å². The number of halogens is 2. The lowest BCUT2D eigenvalue weighted by atomic mass is 9.97. The topological polar surface area (TPSA) is 122 Å². The second kappa shape index (κ2) is 10.7. The van der Waals surface area contributed by atoms with Crippen molar-refractivity contribution in [2.75, 3.05) is 26.4 Å². The minimum absolute atomic E-state index is 0.0612. The predicted molar refractivity (Wildman–Crippen MR) is 148 cm³/mol. The molecule has 4 aromatic rings. The first-order chi connectivity index (χ1) is 19.8. The van der Waals surface area contributed by atoms with Gasteiger partial charge in [-0.2, -0.15) is 4.39 Å². The first-order valence-corrected chi connectivity index (χ1v) is 13.7. The summed E-state index contributed by atoms with van der Waals surface area (Å²) in [6.07, 6.45) is -0.432. The van der Waals surface area contributed by atoms with E-state index in [0.717, 1.165) is 40.5 Å². The lowest BCUT2D eigenvalue weighted by molar-refractivity contribution is 0.0145. The van der Waals surface area contributed by atoms with Gasteiger partial charge in [-0.3, -0.25) is 4.79 Å². The van der Waals surface area contributed by atoms with Crippen LogP contribution in [0.1, 0.15) is 28.8 Å². The number of aliphatic hydroxyl groups is 1. The smallest absolute Gasteiger partial charge is 0.405 e. The van der Waals surface area contributed by atoms with Crippen LogP contribution in [0.4, 0.5) is 13.6 Å². The molecule has 0 saturated heterocycles. The van der Waals surface area contributed by atoms with Crippen LogP contribution in [0.25, 0.3) is 33.5 Å². The standard InChI is InChI=1S/C29H31F2N5O5/c1-34-22-9-17-7-8-35(14-19(12-30)32-29(39)40)28(38)20(17)11-21(22)33-27(34)23-10-18-3-2-4-24(41-25(31)15-37)26(18)36(23)13-16-5-6-16/h2-4,9-11,16,19,25,32,37H,5-8,12-15H2,1H3,(H,39,40)/t19-,25?/m1/s1. The van der Waals surface area contributed by atoms with E-state index in [-0.39, 0.29) is 12.5 Å². The third-order valence-electron chi connectivity index (χ3n) is 7.88. The number of ether oxygens (including phenoxy) is 1. The number of para-hydroxylation sites is 1. The Morgan fingerprint density at radius 3 is 2.78 bits per heavy atom. The second-order valence-corrected chi connectivity index (χ2v) is 10.8. The first kappa shape index (κ1) is 27.0. The summed E-state index contributed by atoms with van der Waals surface area (Å²) in [6, 6.07) is 10.1. The number of hydrogen-bond acceptors (Lipinski definition) is 5. The van der Waals surface area contributed by atoms with Gasteiger partial charge in [-0.1, -0.05) is 12.1 Å². The molecule has 3 heterocycles. The maximum atomic E-state index is 14.1. The minimum atomic E-state index is -1.84. The number of benzene rings is 2. The second-order valence-electron chi connectivity index (χ2n) is 10.8. The van der Waals surface area contributed by atoms with Gasteiger partial charge in [0.05, 0.1) is 28.3 Å². The molecule has 216 valence electrons. The van der Waals surface area contributed by atoms with Crippen LogP contribution < -0.4 is 10.1 Å². The number of imidazole rings is 1. The molecular weight excluding hydrogens is 536 g/mol. The molecule has 2 amide bonds. The van der Waals surface area contributed by atoms with Crippen molar-refractivity contribution in [3.05, 3.63) is 47.5 Å². The van der Waals surface area contributed by atoms with Crippen molar-refractivity contribution >= 4 is 33.9 Å². The Balaban J connectivity index is 1.40. The monoisotopic (exact) mass is 567 g/mol. The van der Waals surface area contributed by atoms with Gasteiger partial charge in [-0.15, -0.1) is 0 Å². The molecule has 41 heavy (non-hydrogen) atoms. The number of nitrogens with zero attached hydrogens (tertiary/aromatic N) is 4. The summed E-state index contributed by atoms with van der Waals surface area (Å²) in [6.45, 7) is -0.666. The number of carboxylic acid groups (broad SMARTS) is 1. The molecule has 1 unspecified atom stereocenters. The molecular formula is C29H31F2N5O5. The molecule has 1 aliphatic heterocycles. The molecule has 2 aliphatic rings. The van der Waals surface area contributed by atoms with Crippen LogP contribution >= 0.6 is 0 Å². The number of aliphatic hydroxyl groups excluding tert-OH is 1. The van der Waals surface area contributed by atoms with E-state index in [9.17, 15) is 23.5 Å². The van der Waals surface area contributed by atoms with Gasteiger partial charge in [0, 0.05) is 37.6 Å². The summed E-state index contributed by atoms with van der Waals surface area (Å²) < 4.78 is 37.0. The molecule has 1 saturated carbocycles. The fourth-order valence-electron chi connectivity index (χ4n) is 5.69. The molecule has 3 N–H and O–H groups in total. The summed E-state index contributed by atoms with van der Waals surface area (Å²) in [5, 5.41) is 21.2.